The first kappa shape index (κ1) is 22.1. The number of hydrogen-bond acceptors (Lipinski definition) is 8. The number of anilines is 1. The summed E-state index contributed by atoms with van der Waals surface area (Å²) >= 11 is 0. The smallest absolute Gasteiger partial charge is 0.169 e. The van der Waals surface area contributed by atoms with Crippen molar-refractivity contribution in [2.24, 2.45) is 7.05 Å². The Kier molecular flexibility index (Phi) is 6.02. The summed E-state index contributed by atoms with van der Waals surface area (Å²) in [5.74, 6) is 0.899. The maximum atomic E-state index is 13.1. The number of aromatic nitrogens is 6. The molecule has 0 atom stereocenters. The first-order chi connectivity index (χ1) is 16.5. The van der Waals surface area contributed by atoms with Gasteiger partial charge in [0.2, 0.25) is 0 Å². The van der Waals surface area contributed by atoms with Crippen molar-refractivity contribution in [1.29, 1.82) is 0 Å². The molecule has 9 nitrogen and oxygen atoms in total. The van der Waals surface area contributed by atoms with Gasteiger partial charge in [0, 0.05) is 61.4 Å². The number of piperidine rings is 1. The number of pyridine rings is 3. The average Bonchev–Trinajstić information content (AvgIpc) is 3.30. The Morgan fingerprint density at radius 3 is 2.56 bits per heavy atom. The van der Waals surface area contributed by atoms with Gasteiger partial charge in [0.25, 0.3) is 0 Å². The second kappa shape index (κ2) is 9.26. The van der Waals surface area contributed by atoms with Gasteiger partial charge in [0.15, 0.2) is 5.78 Å². The molecule has 9 heteroatoms. The molecule has 4 aromatic heterocycles. The highest BCUT2D eigenvalue weighted by Gasteiger charge is 2.22. The summed E-state index contributed by atoms with van der Waals surface area (Å²) in [7, 11) is 6.08. The van der Waals surface area contributed by atoms with Crippen LogP contribution in [-0.4, -0.2) is 73.9 Å². The molecule has 0 unspecified atom stereocenters. The Balaban J connectivity index is 1.32. The van der Waals surface area contributed by atoms with Gasteiger partial charge in [-0.3, -0.25) is 19.4 Å². The van der Waals surface area contributed by atoms with Crippen molar-refractivity contribution < 1.29 is 4.79 Å². The van der Waals surface area contributed by atoms with E-state index in [1.807, 2.05) is 31.4 Å². The van der Waals surface area contributed by atoms with Crippen molar-refractivity contribution in [3.63, 3.8) is 0 Å². The molecule has 0 bridgehead atoms. The summed E-state index contributed by atoms with van der Waals surface area (Å²) in [4.78, 5) is 31.1. The van der Waals surface area contributed by atoms with Gasteiger partial charge in [-0.2, -0.15) is 0 Å². The fraction of sp³-hybridized carbons (Fsp3) is 0.360. The maximum Gasteiger partial charge on any atom is 0.169 e. The first-order valence-corrected chi connectivity index (χ1v) is 11.5. The van der Waals surface area contributed by atoms with Gasteiger partial charge >= 0.3 is 0 Å². The lowest BCUT2D eigenvalue weighted by Crippen LogP contribution is -2.42. The highest BCUT2D eigenvalue weighted by Crippen LogP contribution is 2.23. The lowest BCUT2D eigenvalue weighted by atomic mass is 10.0. The molecule has 1 aliphatic heterocycles. The molecule has 5 rings (SSSR count). The van der Waals surface area contributed by atoms with Gasteiger partial charge < -0.3 is 9.80 Å². The summed E-state index contributed by atoms with van der Waals surface area (Å²) in [5.41, 5.74) is 2.83. The van der Waals surface area contributed by atoms with Gasteiger partial charge in [-0.25, -0.2) is 4.98 Å². The van der Waals surface area contributed by atoms with E-state index in [-0.39, 0.29) is 12.2 Å². The van der Waals surface area contributed by atoms with Crippen molar-refractivity contribution in [1.82, 2.24) is 34.8 Å². The van der Waals surface area contributed by atoms with Crippen molar-refractivity contribution in [2.75, 3.05) is 32.1 Å². The Bertz CT molecular complexity index is 1320. The minimum absolute atomic E-state index is 0.0295. The zero-order valence-electron chi connectivity index (χ0n) is 19.7. The average molecular weight is 457 g/mol. The Labute approximate surface area is 198 Å². The number of nitrogens with zero attached hydrogens (tertiary/aromatic N) is 8. The molecule has 0 amide bonds. The molecular weight excluding hydrogens is 428 g/mol. The molecule has 0 aromatic carbocycles. The second-order valence-corrected chi connectivity index (χ2v) is 9.05. The summed E-state index contributed by atoms with van der Waals surface area (Å²) in [6.45, 7) is 1.89. The van der Waals surface area contributed by atoms with E-state index in [9.17, 15) is 4.79 Å². The number of carbonyl (C=O) groups excluding carboxylic acids is 1. The van der Waals surface area contributed by atoms with E-state index in [4.69, 9.17) is 0 Å². The van der Waals surface area contributed by atoms with Crippen LogP contribution in [0.25, 0.3) is 22.2 Å². The van der Waals surface area contributed by atoms with E-state index in [0.29, 0.717) is 17.3 Å². The number of hydrogen-bond donors (Lipinski definition) is 0. The quantitative estimate of drug-likeness (QED) is 0.409. The molecule has 5 heterocycles. The van der Waals surface area contributed by atoms with Gasteiger partial charge in [-0.05, 0) is 56.6 Å². The molecule has 34 heavy (non-hydrogen) atoms. The lowest BCUT2D eigenvalue weighted by Gasteiger charge is -2.35. The number of rotatable bonds is 6. The fourth-order valence-electron chi connectivity index (χ4n) is 4.43. The van der Waals surface area contributed by atoms with Crippen molar-refractivity contribution in [2.45, 2.75) is 25.3 Å². The third kappa shape index (κ3) is 4.65. The highest BCUT2D eigenvalue weighted by atomic mass is 16.1. The Morgan fingerprint density at radius 1 is 1.03 bits per heavy atom. The normalized spacial score (nSPS) is 14.8. The van der Waals surface area contributed by atoms with Crippen LogP contribution in [0, 0.1) is 0 Å². The molecule has 0 saturated carbocycles. The zero-order chi connectivity index (χ0) is 23.7. The molecule has 1 aliphatic rings. The van der Waals surface area contributed by atoms with Crippen LogP contribution in [-0.2, 0) is 13.5 Å². The largest absolute Gasteiger partial charge is 0.356 e. The van der Waals surface area contributed by atoms with Gasteiger partial charge in [0.05, 0.1) is 18.3 Å². The van der Waals surface area contributed by atoms with Crippen LogP contribution in [0.5, 0.6) is 0 Å². The third-order valence-corrected chi connectivity index (χ3v) is 6.45. The number of Topliss-reactive ketones (excluding diaryl/α,β-unsaturated/α-hetero) is 1. The monoisotopic (exact) mass is 456 g/mol. The molecule has 1 fully saturated rings. The SMILES string of the molecule is CN(C)C1CCN(c2cc(C(=O)Cc3cc4cc(-c5cn(C)nn5)ncc4cn3)ccn2)CC1. The summed E-state index contributed by atoms with van der Waals surface area (Å²) in [6, 6.07) is 8.20. The van der Waals surface area contributed by atoms with E-state index in [0.717, 1.165) is 53.9 Å². The van der Waals surface area contributed by atoms with Crippen molar-refractivity contribution in [3.8, 4) is 11.4 Å². The van der Waals surface area contributed by atoms with Crippen LogP contribution < -0.4 is 4.90 Å². The van der Waals surface area contributed by atoms with E-state index in [1.165, 1.54) is 0 Å². The number of fused-ring (bicyclic) bond motifs is 1. The predicted molar refractivity (Wildman–Crippen MR) is 131 cm³/mol. The highest BCUT2D eigenvalue weighted by molar-refractivity contribution is 5.98. The van der Waals surface area contributed by atoms with Crippen LogP contribution >= 0.6 is 0 Å². The Morgan fingerprint density at radius 2 is 1.82 bits per heavy atom. The van der Waals surface area contributed by atoms with E-state index >= 15 is 0 Å². The van der Waals surface area contributed by atoms with E-state index < -0.39 is 0 Å². The first-order valence-electron chi connectivity index (χ1n) is 11.5. The second-order valence-electron chi connectivity index (χ2n) is 9.05. The summed E-state index contributed by atoms with van der Waals surface area (Å²) in [6.07, 6.45) is 9.51. The van der Waals surface area contributed by atoms with Crippen LogP contribution in [0.2, 0.25) is 0 Å². The van der Waals surface area contributed by atoms with Gasteiger partial charge in [-0.15, -0.1) is 5.10 Å². The minimum atomic E-state index is 0.0295. The molecule has 4 aromatic rings. The van der Waals surface area contributed by atoms with Crippen molar-refractivity contribution in [3.05, 3.63) is 60.3 Å². The molecule has 174 valence electrons. The topological polar surface area (TPSA) is 92.9 Å². The summed E-state index contributed by atoms with van der Waals surface area (Å²) < 4.78 is 1.64. The van der Waals surface area contributed by atoms with E-state index in [2.05, 4.69) is 49.2 Å². The van der Waals surface area contributed by atoms with Crippen LogP contribution in [0.1, 0.15) is 28.9 Å². The van der Waals surface area contributed by atoms with Crippen molar-refractivity contribution >= 4 is 22.4 Å². The molecule has 0 radical (unpaired) electrons. The summed E-state index contributed by atoms with van der Waals surface area (Å²) in [5, 5.41) is 9.98. The van der Waals surface area contributed by atoms with Gasteiger partial charge in [0.1, 0.15) is 11.5 Å². The van der Waals surface area contributed by atoms with Crippen LogP contribution in [0.3, 0.4) is 0 Å². The minimum Gasteiger partial charge on any atom is -0.356 e. The molecule has 0 aliphatic carbocycles. The number of aryl methyl sites for hydroxylation is 1. The standard InChI is InChI=1S/C25H28N8O/c1-31(2)21-5-8-33(9-6-21)25-12-17(4-7-26-25)24(34)13-20-10-18-11-22(23-16-32(3)30-29-23)28-15-19(18)14-27-20/h4,7,10-12,14-16,21H,5-6,8-9,13H2,1-3H3. The number of ketones is 1. The zero-order valence-corrected chi connectivity index (χ0v) is 19.7. The van der Waals surface area contributed by atoms with Gasteiger partial charge in [-0.1, -0.05) is 5.21 Å². The molecular formula is C25H28N8O. The van der Waals surface area contributed by atoms with Crippen LogP contribution in [0.4, 0.5) is 5.82 Å². The molecule has 1 saturated heterocycles. The lowest BCUT2D eigenvalue weighted by molar-refractivity contribution is 0.0992. The molecule has 0 spiro atoms. The fourth-order valence-corrected chi connectivity index (χ4v) is 4.43. The van der Waals surface area contributed by atoms with E-state index in [1.54, 1.807) is 29.3 Å². The third-order valence-electron chi connectivity index (χ3n) is 6.45. The number of carbonyl (C=O) groups is 1. The molecule has 0 N–H and O–H groups in total. The predicted octanol–water partition coefficient (Wildman–Crippen LogP) is 2.78. The Hall–Kier alpha value is -3.72. The van der Waals surface area contributed by atoms with Crippen LogP contribution in [0.15, 0.2) is 49.1 Å². The maximum absolute atomic E-state index is 13.1.